The molecule has 2 rings (SSSR count). The third kappa shape index (κ3) is 2.76. The molecule has 0 unspecified atom stereocenters. The Morgan fingerprint density at radius 2 is 1.94 bits per heavy atom. The number of hydrogen-bond donors (Lipinski definition) is 2. The van der Waals surface area contributed by atoms with Crippen molar-refractivity contribution in [3.05, 3.63) is 45.4 Å². The Labute approximate surface area is 114 Å². The second kappa shape index (κ2) is 5.01. The first-order chi connectivity index (χ1) is 8.08. The van der Waals surface area contributed by atoms with Gasteiger partial charge in [0, 0.05) is 11.9 Å². The van der Waals surface area contributed by atoms with Gasteiger partial charge in [-0.15, -0.1) is 0 Å². The van der Waals surface area contributed by atoms with Gasteiger partial charge in [-0.05, 0) is 50.1 Å². The van der Waals surface area contributed by atoms with Crippen LogP contribution in [0.25, 0.3) is 0 Å². The van der Waals surface area contributed by atoms with Crippen LogP contribution in [0, 0.1) is 5.82 Å². The predicted octanol–water partition coefficient (Wildman–Crippen LogP) is 4.07. The van der Waals surface area contributed by atoms with Gasteiger partial charge in [-0.25, -0.2) is 4.39 Å². The van der Waals surface area contributed by atoms with E-state index in [-0.39, 0.29) is 5.82 Å². The Hall–Kier alpha value is -1.14. The number of aromatic nitrogens is 1. The van der Waals surface area contributed by atoms with Crippen LogP contribution in [0.15, 0.2) is 39.5 Å². The highest BCUT2D eigenvalue weighted by Crippen LogP contribution is 2.31. The van der Waals surface area contributed by atoms with Crippen LogP contribution >= 0.6 is 31.9 Å². The van der Waals surface area contributed by atoms with Crippen molar-refractivity contribution in [2.24, 2.45) is 0 Å². The lowest BCUT2D eigenvalue weighted by molar-refractivity contribution is 0.621. The molecule has 3 N–H and O–H groups in total. The van der Waals surface area contributed by atoms with Crippen molar-refractivity contribution in [1.82, 2.24) is 4.98 Å². The molecular formula is C11H8Br2FN3. The van der Waals surface area contributed by atoms with Crippen molar-refractivity contribution in [2.45, 2.75) is 0 Å². The number of hydrogen-bond acceptors (Lipinski definition) is 3. The van der Waals surface area contributed by atoms with Crippen molar-refractivity contribution in [1.29, 1.82) is 0 Å². The Balaban J connectivity index is 2.35. The van der Waals surface area contributed by atoms with Crippen molar-refractivity contribution >= 4 is 48.9 Å². The van der Waals surface area contributed by atoms with E-state index < -0.39 is 0 Å². The van der Waals surface area contributed by atoms with Crippen LogP contribution in [0.5, 0.6) is 0 Å². The molecule has 0 spiro atoms. The average molecular weight is 361 g/mol. The molecule has 0 amide bonds. The van der Waals surface area contributed by atoms with Crippen LogP contribution in [-0.2, 0) is 0 Å². The third-order valence-electron chi connectivity index (χ3n) is 2.12. The molecule has 0 saturated heterocycles. The van der Waals surface area contributed by atoms with Crippen molar-refractivity contribution in [3.8, 4) is 0 Å². The molecule has 0 fully saturated rings. The minimum atomic E-state index is -0.308. The quantitative estimate of drug-likeness (QED) is 0.848. The van der Waals surface area contributed by atoms with Gasteiger partial charge in [-0.3, -0.25) is 4.98 Å². The van der Waals surface area contributed by atoms with Crippen LogP contribution in [-0.4, -0.2) is 4.98 Å². The first kappa shape index (κ1) is 12.3. The maximum Gasteiger partial charge on any atom is 0.137 e. The van der Waals surface area contributed by atoms with E-state index in [1.54, 1.807) is 24.5 Å². The Morgan fingerprint density at radius 3 is 2.59 bits per heavy atom. The fourth-order valence-electron chi connectivity index (χ4n) is 1.30. The minimum absolute atomic E-state index is 0.308. The lowest BCUT2D eigenvalue weighted by Crippen LogP contribution is -1.98. The van der Waals surface area contributed by atoms with Gasteiger partial charge >= 0.3 is 0 Å². The van der Waals surface area contributed by atoms with Crippen molar-refractivity contribution in [3.63, 3.8) is 0 Å². The van der Waals surface area contributed by atoms with Crippen LogP contribution in [0.1, 0.15) is 0 Å². The maximum absolute atomic E-state index is 13.1. The Bertz CT molecular complexity index is 540. The van der Waals surface area contributed by atoms with E-state index in [1.807, 2.05) is 0 Å². The second-order valence-electron chi connectivity index (χ2n) is 3.34. The first-order valence-electron chi connectivity index (χ1n) is 4.69. The van der Waals surface area contributed by atoms with Gasteiger partial charge in [0.1, 0.15) is 5.82 Å². The zero-order valence-electron chi connectivity index (χ0n) is 8.55. The van der Waals surface area contributed by atoms with E-state index in [0.717, 1.165) is 10.2 Å². The van der Waals surface area contributed by atoms with E-state index in [0.29, 0.717) is 15.8 Å². The monoisotopic (exact) mass is 359 g/mol. The molecule has 1 aromatic carbocycles. The summed E-state index contributed by atoms with van der Waals surface area (Å²) in [5, 5.41) is 3.10. The van der Waals surface area contributed by atoms with Crippen molar-refractivity contribution in [2.75, 3.05) is 11.1 Å². The van der Waals surface area contributed by atoms with Crippen LogP contribution in [0.4, 0.5) is 21.5 Å². The van der Waals surface area contributed by atoms with E-state index in [9.17, 15) is 4.39 Å². The van der Waals surface area contributed by atoms with Gasteiger partial charge in [-0.1, -0.05) is 0 Å². The number of nitrogens with one attached hydrogen (secondary N) is 1. The summed E-state index contributed by atoms with van der Waals surface area (Å²) in [4.78, 5) is 3.94. The number of rotatable bonds is 2. The standard InChI is InChI=1S/C11H8Br2FN3/c12-7-3-6(1-2-9(7)14)17-11-8(13)4-16-5-10(11)15/h1-5H,15H2,(H,16,17). The summed E-state index contributed by atoms with van der Waals surface area (Å²) in [6, 6.07) is 4.64. The lowest BCUT2D eigenvalue weighted by atomic mass is 10.3. The van der Waals surface area contributed by atoms with E-state index in [4.69, 9.17) is 5.73 Å². The van der Waals surface area contributed by atoms with E-state index >= 15 is 0 Å². The van der Waals surface area contributed by atoms with Gasteiger partial charge in [0.2, 0.25) is 0 Å². The molecule has 88 valence electrons. The molecule has 1 aromatic heterocycles. The van der Waals surface area contributed by atoms with Gasteiger partial charge in [-0.2, -0.15) is 0 Å². The molecule has 0 aliphatic rings. The summed E-state index contributed by atoms with van der Waals surface area (Å²) in [5.41, 5.74) is 7.75. The Morgan fingerprint density at radius 1 is 1.18 bits per heavy atom. The molecule has 0 atom stereocenters. The minimum Gasteiger partial charge on any atom is -0.396 e. The fourth-order valence-corrected chi connectivity index (χ4v) is 2.13. The predicted molar refractivity (Wildman–Crippen MR) is 73.7 cm³/mol. The topological polar surface area (TPSA) is 50.9 Å². The maximum atomic E-state index is 13.1. The molecular weight excluding hydrogens is 353 g/mol. The second-order valence-corrected chi connectivity index (χ2v) is 5.05. The molecule has 0 aliphatic carbocycles. The molecule has 2 aromatic rings. The number of nitrogen functional groups attached to an aromatic ring is 1. The molecule has 3 nitrogen and oxygen atoms in total. The van der Waals surface area contributed by atoms with Gasteiger partial charge < -0.3 is 11.1 Å². The molecule has 17 heavy (non-hydrogen) atoms. The summed E-state index contributed by atoms with van der Waals surface area (Å²) in [6.07, 6.45) is 3.18. The van der Waals surface area contributed by atoms with E-state index in [2.05, 4.69) is 42.2 Å². The highest BCUT2D eigenvalue weighted by atomic mass is 79.9. The largest absolute Gasteiger partial charge is 0.396 e. The average Bonchev–Trinajstić information content (AvgIpc) is 2.28. The molecule has 1 heterocycles. The highest BCUT2D eigenvalue weighted by molar-refractivity contribution is 9.10. The third-order valence-corrected chi connectivity index (χ3v) is 3.33. The first-order valence-corrected chi connectivity index (χ1v) is 6.27. The summed E-state index contributed by atoms with van der Waals surface area (Å²) in [7, 11) is 0. The number of nitrogens with zero attached hydrogens (tertiary/aromatic N) is 1. The van der Waals surface area contributed by atoms with Gasteiger partial charge in [0.25, 0.3) is 0 Å². The number of pyridine rings is 1. The number of nitrogens with two attached hydrogens (primary N) is 1. The van der Waals surface area contributed by atoms with Crippen molar-refractivity contribution < 1.29 is 4.39 Å². The van der Waals surface area contributed by atoms with Gasteiger partial charge in [0.15, 0.2) is 0 Å². The molecule has 0 saturated carbocycles. The molecule has 0 aliphatic heterocycles. The molecule has 0 bridgehead atoms. The van der Waals surface area contributed by atoms with Crippen LogP contribution in [0.2, 0.25) is 0 Å². The summed E-state index contributed by atoms with van der Waals surface area (Å²) in [5.74, 6) is -0.308. The SMILES string of the molecule is Nc1cncc(Br)c1Nc1ccc(F)c(Br)c1. The number of halogens is 3. The Kier molecular flexibility index (Phi) is 3.63. The lowest BCUT2D eigenvalue weighted by Gasteiger charge is -2.11. The smallest absolute Gasteiger partial charge is 0.137 e. The normalized spacial score (nSPS) is 10.3. The van der Waals surface area contributed by atoms with E-state index in [1.165, 1.54) is 6.07 Å². The van der Waals surface area contributed by atoms with Crippen LogP contribution < -0.4 is 11.1 Å². The zero-order chi connectivity index (χ0) is 12.4. The molecule has 0 radical (unpaired) electrons. The summed E-state index contributed by atoms with van der Waals surface area (Å²) >= 11 is 6.47. The number of anilines is 3. The fraction of sp³-hybridized carbons (Fsp3) is 0. The number of benzene rings is 1. The zero-order valence-corrected chi connectivity index (χ0v) is 11.7. The highest BCUT2D eigenvalue weighted by Gasteiger charge is 2.06. The van der Waals surface area contributed by atoms with Gasteiger partial charge in [0.05, 0.1) is 26.5 Å². The molecule has 6 heteroatoms. The summed E-state index contributed by atoms with van der Waals surface area (Å²) < 4.78 is 14.2. The van der Waals surface area contributed by atoms with Crippen LogP contribution in [0.3, 0.4) is 0 Å². The summed E-state index contributed by atoms with van der Waals surface area (Å²) in [6.45, 7) is 0.